The molecule has 0 saturated heterocycles. The van der Waals surface area contributed by atoms with E-state index in [1.165, 1.54) is 128 Å². The Hall–Kier alpha value is -1.16. The van der Waals surface area contributed by atoms with Crippen LogP contribution in [0.5, 0.6) is 0 Å². The molecule has 0 aliphatic rings. The van der Waals surface area contributed by atoms with Gasteiger partial charge in [0.25, 0.3) is 0 Å². The van der Waals surface area contributed by atoms with Crippen LogP contribution in [-0.4, -0.2) is 30.7 Å². The Kier molecular flexibility index (Phi) is 35.0. The lowest BCUT2D eigenvalue weighted by atomic mass is 10.1. The fourth-order valence-corrected chi connectivity index (χ4v) is 4.91. The van der Waals surface area contributed by atoms with Gasteiger partial charge in [0, 0.05) is 13.2 Å². The molecular weight excluding hydrogens is 516 g/mol. The zero-order chi connectivity index (χ0) is 30.6. The molecule has 0 bridgehead atoms. The van der Waals surface area contributed by atoms with Crippen molar-refractivity contribution in [3.05, 3.63) is 48.6 Å². The van der Waals surface area contributed by atoms with Crippen LogP contribution in [0.2, 0.25) is 0 Å². The van der Waals surface area contributed by atoms with Gasteiger partial charge in [0.1, 0.15) is 6.10 Å². The van der Waals surface area contributed by atoms with E-state index in [0.717, 1.165) is 25.7 Å². The van der Waals surface area contributed by atoms with Crippen LogP contribution in [0, 0.1) is 0 Å². The van der Waals surface area contributed by atoms with Crippen molar-refractivity contribution in [3.63, 3.8) is 0 Å². The molecule has 3 heteroatoms. The summed E-state index contributed by atoms with van der Waals surface area (Å²) < 4.78 is 11.7. The Balaban J connectivity index is 3.50. The summed E-state index contributed by atoms with van der Waals surface area (Å²) in [6, 6.07) is 0. The maximum absolute atomic E-state index is 10.0. The molecule has 0 aromatic rings. The van der Waals surface area contributed by atoms with Crippen LogP contribution in [0.15, 0.2) is 48.6 Å². The van der Waals surface area contributed by atoms with Crippen molar-refractivity contribution in [2.24, 2.45) is 0 Å². The number of hydrogen-bond acceptors (Lipinski definition) is 3. The smallest absolute Gasteiger partial charge is 0.183 e. The maximum atomic E-state index is 10.0. The largest absolute Gasteiger partial charge is 0.388 e. The molecule has 0 spiro atoms. The van der Waals surface area contributed by atoms with Gasteiger partial charge < -0.3 is 14.6 Å². The minimum atomic E-state index is -0.584. The second kappa shape index (κ2) is 36.0. The predicted octanol–water partition coefficient (Wildman–Crippen LogP) is 12.4. The molecule has 1 atom stereocenters. The highest BCUT2D eigenvalue weighted by Crippen LogP contribution is 2.12. The molecule has 0 fully saturated rings. The first kappa shape index (κ1) is 40.8. The number of hydrogen-bond donors (Lipinski definition) is 1. The van der Waals surface area contributed by atoms with Gasteiger partial charge in [-0.3, -0.25) is 0 Å². The van der Waals surface area contributed by atoms with Gasteiger partial charge in [-0.05, 0) is 84.0 Å². The normalized spacial score (nSPS) is 13.9. The summed E-state index contributed by atoms with van der Waals surface area (Å²) in [6.45, 7) is 7.63. The molecule has 0 aliphatic carbocycles. The van der Waals surface area contributed by atoms with Crippen LogP contribution in [0.3, 0.4) is 0 Å². The van der Waals surface area contributed by atoms with Gasteiger partial charge >= 0.3 is 0 Å². The number of ether oxygens (including phenoxy) is 2. The molecule has 42 heavy (non-hydrogen) atoms. The molecule has 0 saturated carbocycles. The summed E-state index contributed by atoms with van der Waals surface area (Å²) >= 11 is 0. The van der Waals surface area contributed by atoms with Gasteiger partial charge in [-0.25, -0.2) is 0 Å². The van der Waals surface area contributed by atoms with Crippen LogP contribution in [0.4, 0.5) is 0 Å². The predicted molar refractivity (Wildman–Crippen MR) is 186 cm³/mol. The Morgan fingerprint density at radius 3 is 1.07 bits per heavy atom. The maximum Gasteiger partial charge on any atom is 0.183 e. The average molecular weight is 589 g/mol. The van der Waals surface area contributed by atoms with Gasteiger partial charge in [0.15, 0.2) is 6.29 Å². The molecule has 0 heterocycles. The van der Waals surface area contributed by atoms with E-state index in [-0.39, 0.29) is 0 Å². The van der Waals surface area contributed by atoms with Gasteiger partial charge in [-0.2, -0.15) is 0 Å². The van der Waals surface area contributed by atoms with Crippen LogP contribution in [0.1, 0.15) is 175 Å². The molecule has 246 valence electrons. The number of aliphatic hydroxyl groups is 1. The van der Waals surface area contributed by atoms with Crippen molar-refractivity contribution < 1.29 is 14.6 Å². The summed E-state index contributed by atoms with van der Waals surface area (Å²) in [5, 5.41) is 10.0. The van der Waals surface area contributed by atoms with Crippen molar-refractivity contribution >= 4 is 0 Å². The standard InChI is InChI=1S/C39H72O3/c1-4-6-8-10-12-14-16-18-20-22-24-26-28-30-32-34-36-41-39(38(3)40)42-37-35-33-31-29-27-25-23-21-19-17-15-13-11-9-7-5-2/h12-15,18-21,38-40H,4-11,16-17,22-37H2,1-3H3. The molecule has 0 radical (unpaired) electrons. The fourth-order valence-electron chi connectivity index (χ4n) is 4.91. The summed E-state index contributed by atoms with van der Waals surface area (Å²) in [5.74, 6) is 0. The lowest BCUT2D eigenvalue weighted by Gasteiger charge is -2.21. The summed E-state index contributed by atoms with van der Waals surface area (Å²) in [4.78, 5) is 0. The van der Waals surface area contributed by atoms with Gasteiger partial charge in [-0.15, -0.1) is 0 Å². The van der Waals surface area contributed by atoms with Crippen LogP contribution >= 0.6 is 0 Å². The van der Waals surface area contributed by atoms with Crippen LogP contribution in [-0.2, 0) is 9.47 Å². The Morgan fingerprint density at radius 2 is 0.738 bits per heavy atom. The van der Waals surface area contributed by atoms with E-state index in [0.29, 0.717) is 13.2 Å². The highest BCUT2D eigenvalue weighted by atomic mass is 16.7. The number of aliphatic hydroxyl groups excluding tert-OH is 1. The first-order valence-corrected chi connectivity index (χ1v) is 18.2. The SMILES string of the molecule is CCCCCC=CCC=CCCCCCCCCOC(OCCCCCCCCC=CCC=CCCCCC)C(C)O. The van der Waals surface area contributed by atoms with E-state index >= 15 is 0 Å². The second-order valence-electron chi connectivity index (χ2n) is 12.0. The molecule has 0 aliphatic heterocycles. The van der Waals surface area contributed by atoms with Crippen molar-refractivity contribution in [2.45, 2.75) is 187 Å². The molecule has 0 rings (SSSR count). The topological polar surface area (TPSA) is 38.7 Å². The molecule has 0 aromatic heterocycles. The highest BCUT2D eigenvalue weighted by Gasteiger charge is 2.15. The number of rotatable bonds is 33. The van der Waals surface area contributed by atoms with Crippen molar-refractivity contribution in [1.29, 1.82) is 0 Å². The Bertz CT molecular complexity index is 569. The first-order valence-electron chi connectivity index (χ1n) is 18.2. The van der Waals surface area contributed by atoms with Crippen molar-refractivity contribution in [2.75, 3.05) is 13.2 Å². The van der Waals surface area contributed by atoms with Crippen molar-refractivity contribution in [3.8, 4) is 0 Å². The molecule has 0 amide bonds. The van der Waals surface area contributed by atoms with Crippen molar-refractivity contribution in [1.82, 2.24) is 0 Å². The Morgan fingerprint density at radius 1 is 0.429 bits per heavy atom. The van der Waals surface area contributed by atoms with E-state index < -0.39 is 12.4 Å². The fraction of sp³-hybridized carbons (Fsp3) is 0.795. The number of unbranched alkanes of at least 4 members (excludes halogenated alkanes) is 18. The lowest BCUT2D eigenvalue weighted by Crippen LogP contribution is -2.30. The minimum absolute atomic E-state index is 0.485. The quantitative estimate of drug-likeness (QED) is 0.0471. The van der Waals surface area contributed by atoms with Crippen LogP contribution < -0.4 is 0 Å². The second-order valence-corrected chi connectivity index (χ2v) is 12.0. The first-order chi connectivity index (χ1) is 20.7. The molecule has 3 nitrogen and oxygen atoms in total. The highest BCUT2D eigenvalue weighted by molar-refractivity contribution is 4.93. The molecule has 1 unspecified atom stereocenters. The molecule has 0 aromatic carbocycles. The summed E-state index contributed by atoms with van der Waals surface area (Å²) in [7, 11) is 0. The Labute approximate surface area is 263 Å². The summed E-state index contributed by atoms with van der Waals surface area (Å²) in [5.41, 5.74) is 0. The lowest BCUT2D eigenvalue weighted by molar-refractivity contribution is -0.190. The third-order valence-electron chi connectivity index (χ3n) is 7.65. The van der Waals surface area contributed by atoms with Gasteiger partial charge in [0.2, 0.25) is 0 Å². The monoisotopic (exact) mass is 589 g/mol. The number of allylic oxidation sites excluding steroid dienone is 8. The zero-order valence-electron chi connectivity index (χ0n) is 28.4. The van der Waals surface area contributed by atoms with E-state index in [1.54, 1.807) is 6.92 Å². The van der Waals surface area contributed by atoms with Gasteiger partial charge in [-0.1, -0.05) is 140 Å². The van der Waals surface area contributed by atoms with E-state index in [2.05, 4.69) is 62.5 Å². The summed E-state index contributed by atoms with van der Waals surface area (Å²) in [6.07, 6.45) is 47.3. The zero-order valence-corrected chi connectivity index (χ0v) is 28.4. The van der Waals surface area contributed by atoms with E-state index in [4.69, 9.17) is 9.47 Å². The van der Waals surface area contributed by atoms with Gasteiger partial charge in [0.05, 0.1) is 0 Å². The minimum Gasteiger partial charge on any atom is -0.388 e. The third-order valence-corrected chi connectivity index (χ3v) is 7.65. The van der Waals surface area contributed by atoms with E-state index in [9.17, 15) is 5.11 Å². The molecule has 1 N–H and O–H groups in total. The molecular formula is C39H72O3. The van der Waals surface area contributed by atoms with E-state index in [1.807, 2.05) is 0 Å². The average Bonchev–Trinajstić information content (AvgIpc) is 2.99. The third kappa shape index (κ3) is 33.3. The van der Waals surface area contributed by atoms with Crippen LogP contribution in [0.25, 0.3) is 0 Å².